The maximum absolute atomic E-state index is 8.81. The van der Waals surface area contributed by atoms with Crippen LogP contribution < -0.4 is 9.47 Å². The Morgan fingerprint density at radius 2 is 1.11 bits per heavy atom. The Morgan fingerprint density at radius 1 is 0.686 bits per heavy atom. The van der Waals surface area contributed by atoms with Crippen molar-refractivity contribution in [2.24, 2.45) is 0 Å². The van der Waals surface area contributed by atoms with Crippen LogP contribution in [-0.4, -0.2) is 13.2 Å². The summed E-state index contributed by atoms with van der Waals surface area (Å²) in [5, 5.41) is 35.2. The third-order valence-electron chi connectivity index (χ3n) is 4.63. The second kappa shape index (κ2) is 10.6. The predicted molar refractivity (Wildman–Crippen MR) is 127 cm³/mol. The van der Waals surface area contributed by atoms with Crippen LogP contribution in [0.5, 0.6) is 11.5 Å². The molecule has 3 aromatic heterocycles. The summed E-state index contributed by atoms with van der Waals surface area (Å²) in [6.07, 6.45) is 9.26. The van der Waals surface area contributed by atoms with Gasteiger partial charge in [-0.05, 0) is 48.6 Å². The average molecular weight is 478 g/mol. The van der Waals surface area contributed by atoms with Gasteiger partial charge in [0.25, 0.3) is 0 Å². The molecule has 0 aromatic carbocycles. The van der Waals surface area contributed by atoms with E-state index >= 15 is 0 Å². The van der Waals surface area contributed by atoms with Crippen molar-refractivity contribution in [2.75, 3.05) is 13.2 Å². The Labute approximate surface area is 204 Å². The van der Waals surface area contributed by atoms with E-state index in [1.165, 1.54) is 23.5 Å². The highest BCUT2D eigenvalue weighted by Crippen LogP contribution is 2.54. The molecule has 0 N–H and O–H groups in total. The first-order valence-electron chi connectivity index (χ1n) is 10.2. The van der Waals surface area contributed by atoms with E-state index in [0.717, 1.165) is 9.75 Å². The van der Waals surface area contributed by atoms with E-state index in [9.17, 15) is 0 Å². The minimum absolute atomic E-state index is 0.00482. The Morgan fingerprint density at radius 3 is 1.51 bits per heavy atom. The van der Waals surface area contributed by atoms with Crippen molar-refractivity contribution in [2.45, 2.75) is 0 Å². The molecular weight excluding hydrogens is 464 g/mol. The molecule has 0 aliphatic carbocycles. The van der Waals surface area contributed by atoms with Gasteiger partial charge in [-0.1, -0.05) is 12.2 Å². The molecule has 4 rings (SSSR count). The molecule has 0 bridgehead atoms. The Hall–Kier alpha value is -5.22. The van der Waals surface area contributed by atoms with E-state index in [4.69, 9.17) is 39.4 Å². The number of allylic oxidation sites excluding steroid dienone is 6. The first-order chi connectivity index (χ1) is 17.2. The molecule has 0 spiro atoms. The standard InChI is InChI=1S/C26H14N4O4S/c27-13-17(14-28)3-1-5-19-7-9-21(33-19)25-23-24(32-12-11-31-23)26(35-25)22-10-8-20(34-22)6-2-4-18(15-29)16-30/h1-10H,11-12H2/b5-1+,6-2+. The maximum atomic E-state index is 8.81. The molecule has 0 saturated heterocycles. The molecule has 1 aliphatic heterocycles. The molecule has 168 valence electrons. The van der Waals surface area contributed by atoms with Gasteiger partial charge in [-0.2, -0.15) is 21.0 Å². The Bertz CT molecular complexity index is 1400. The minimum Gasteiger partial charge on any atom is -0.484 e. The third-order valence-corrected chi connectivity index (χ3v) is 5.81. The number of nitrogens with zero attached hydrogens (tertiary/aromatic N) is 4. The first kappa shape index (κ1) is 23.0. The number of ether oxygens (including phenoxy) is 2. The molecule has 0 atom stereocenters. The van der Waals surface area contributed by atoms with Gasteiger partial charge < -0.3 is 18.3 Å². The zero-order valence-electron chi connectivity index (χ0n) is 18.0. The number of rotatable bonds is 6. The van der Waals surface area contributed by atoms with E-state index in [-0.39, 0.29) is 11.1 Å². The van der Waals surface area contributed by atoms with Crippen molar-refractivity contribution < 1.29 is 18.3 Å². The Balaban J connectivity index is 1.63. The van der Waals surface area contributed by atoms with Crippen LogP contribution >= 0.6 is 11.3 Å². The molecule has 1 aliphatic rings. The van der Waals surface area contributed by atoms with Gasteiger partial charge in [0.05, 0.1) is 0 Å². The van der Waals surface area contributed by atoms with Crippen molar-refractivity contribution in [3.8, 4) is 57.1 Å². The van der Waals surface area contributed by atoms with Crippen LogP contribution in [0, 0.1) is 45.3 Å². The number of hydrogen-bond acceptors (Lipinski definition) is 9. The van der Waals surface area contributed by atoms with Crippen molar-refractivity contribution in [3.63, 3.8) is 0 Å². The summed E-state index contributed by atoms with van der Waals surface area (Å²) < 4.78 is 23.6. The minimum atomic E-state index is -0.00482. The fourth-order valence-electron chi connectivity index (χ4n) is 3.08. The van der Waals surface area contributed by atoms with E-state index in [1.54, 1.807) is 72.8 Å². The largest absolute Gasteiger partial charge is 0.484 e. The third kappa shape index (κ3) is 5.07. The fraction of sp³-hybridized carbons (Fsp3) is 0.0769. The van der Waals surface area contributed by atoms with Gasteiger partial charge in [-0.15, -0.1) is 11.3 Å². The van der Waals surface area contributed by atoms with Crippen LogP contribution in [0.4, 0.5) is 0 Å². The number of furan rings is 2. The molecule has 4 heterocycles. The van der Waals surface area contributed by atoms with Gasteiger partial charge in [-0.25, -0.2) is 0 Å². The highest BCUT2D eigenvalue weighted by Gasteiger charge is 2.29. The number of hydrogen-bond donors (Lipinski definition) is 0. The van der Waals surface area contributed by atoms with Crippen LogP contribution in [0.1, 0.15) is 11.5 Å². The molecule has 8 nitrogen and oxygen atoms in total. The highest BCUT2D eigenvalue weighted by atomic mass is 32.1. The summed E-state index contributed by atoms with van der Waals surface area (Å²) in [7, 11) is 0. The van der Waals surface area contributed by atoms with Gasteiger partial charge in [0.15, 0.2) is 11.5 Å². The lowest BCUT2D eigenvalue weighted by Gasteiger charge is -2.16. The highest BCUT2D eigenvalue weighted by molar-refractivity contribution is 7.19. The zero-order valence-corrected chi connectivity index (χ0v) is 18.8. The molecule has 0 amide bonds. The zero-order chi connectivity index (χ0) is 24.6. The predicted octanol–water partition coefficient (Wildman–Crippen LogP) is 6.01. The van der Waals surface area contributed by atoms with E-state index in [0.29, 0.717) is 47.8 Å². The molecule has 0 saturated carbocycles. The molecule has 9 heteroatoms. The van der Waals surface area contributed by atoms with Crippen molar-refractivity contribution in [1.29, 1.82) is 21.0 Å². The quantitative estimate of drug-likeness (QED) is 0.310. The molecule has 0 unspecified atom stereocenters. The first-order valence-corrected chi connectivity index (χ1v) is 11.0. The van der Waals surface area contributed by atoms with Crippen molar-refractivity contribution >= 4 is 23.5 Å². The number of nitriles is 4. The average Bonchev–Trinajstić information content (AvgIpc) is 3.63. The van der Waals surface area contributed by atoms with Crippen molar-refractivity contribution in [3.05, 3.63) is 71.2 Å². The number of thiophene rings is 1. The van der Waals surface area contributed by atoms with E-state index in [1.807, 2.05) is 0 Å². The summed E-state index contributed by atoms with van der Waals surface area (Å²) in [5.41, 5.74) is -0.00963. The molecule has 0 fully saturated rings. The fourth-order valence-corrected chi connectivity index (χ4v) is 4.19. The van der Waals surface area contributed by atoms with Gasteiger partial charge in [0, 0.05) is 0 Å². The molecule has 3 aromatic rings. The van der Waals surface area contributed by atoms with Gasteiger partial charge in [0.2, 0.25) is 0 Å². The van der Waals surface area contributed by atoms with Crippen LogP contribution in [0.25, 0.3) is 33.4 Å². The topological polar surface area (TPSA) is 140 Å². The van der Waals surface area contributed by atoms with Crippen molar-refractivity contribution in [1.82, 2.24) is 0 Å². The van der Waals surface area contributed by atoms with Crippen LogP contribution in [-0.2, 0) is 0 Å². The lowest BCUT2D eigenvalue weighted by atomic mass is 10.2. The lowest BCUT2D eigenvalue weighted by molar-refractivity contribution is 0.174. The smallest absolute Gasteiger partial charge is 0.183 e. The van der Waals surface area contributed by atoms with Crippen LogP contribution in [0.3, 0.4) is 0 Å². The van der Waals surface area contributed by atoms with Gasteiger partial charge >= 0.3 is 0 Å². The summed E-state index contributed by atoms with van der Waals surface area (Å²) in [6, 6.07) is 14.3. The normalized spacial score (nSPS) is 11.9. The summed E-state index contributed by atoms with van der Waals surface area (Å²) in [5.74, 6) is 3.37. The second-order valence-corrected chi connectivity index (χ2v) is 7.87. The van der Waals surface area contributed by atoms with Crippen LogP contribution in [0.2, 0.25) is 0 Å². The van der Waals surface area contributed by atoms with E-state index < -0.39 is 0 Å². The Kier molecular flexibility index (Phi) is 6.95. The van der Waals surface area contributed by atoms with Gasteiger partial charge in [-0.3, -0.25) is 0 Å². The van der Waals surface area contributed by atoms with E-state index in [2.05, 4.69) is 0 Å². The SMILES string of the molecule is N#CC(C#N)=C/C=C/c1ccc(-c2sc(-c3ccc(/C=C/C=C(C#N)C#N)o3)c3c2OCCO3)o1. The molecule has 35 heavy (non-hydrogen) atoms. The lowest BCUT2D eigenvalue weighted by Crippen LogP contribution is -2.14. The molecular formula is C26H14N4O4S. The maximum Gasteiger partial charge on any atom is 0.183 e. The second-order valence-electron chi connectivity index (χ2n) is 6.85. The molecule has 0 radical (unpaired) electrons. The van der Waals surface area contributed by atoms with Crippen LogP contribution in [0.15, 0.2) is 68.6 Å². The summed E-state index contributed by atoms with van der Waals surface area (Å²) >= 11 is 1.40. The summed E-state index contributed by atoms with van der Waals surface area (Å²) in [6.45, 7) is 0.802. The number of fused-ring (bicyclic) bond motifs is 1. The summed E-state index contributed by atoms with van der Waals surface area (Å²) in [4.78, 5) is 1.48. The van der Waals surface area contributed by atoms with Gasteiger partial charge in [0.1, 0.15) is 81.4 Å². The monoisotopic (exact) mass is 478 g/mol.